The fourth-order valence-corrected chi connectivity index (χ4v) is 1.05. The lowest BCUT2D eigenvalue weighted by atomic mass is 10.2. The number of aliphatic hydroxyl groups is 1. The topological polar surface area (TPSA) is 81.3 Å². The van der Waals surface area contributed by atoms with Crippen LogP contribution < -0.4 is 10.5 Å². The molecule has 84 valence electrons. The first-order valence-corrected chi connectivity index (χ1v) is 4.96. The summed E-state index contributed by atoms with van der Waals surface area (Å²) in [6.07, 6.45) is 2.15. The molecule has 5 heteroatoms. The van der Waals surface area contributed by atoms with E-state index in [1.807, 2.05) is 13.8 Å². The molecule has 15 heavy (non-hydrogen) atoms. The van der Waals surface area contributed by atoms with Crippen LogP contribution in [0.1, 0.15) is 25.5 Å². The quantitative estimate of drug-likeness (QED) is 0.741. The SMILES string of the molecule is CC(C)COc1ncncc1C(O)CN. The maximum atomic E-state index is 9.59. The molecule has 0 fully saturated rings. The summed E-state index contributed by atoms with van der Waals surface area (Å²) >= 11 is 0. The van der Waals surface area contributed by atoms with Crippen LogP contribution in [0.2, 0.25) is 0 Å². The van der Waals surface area contributed by atoms with Crippen LogP contribution in [-0.2, 0) is 0 Å². The third kappa shape index (κ3) is 3.45. The minimum absolute atomic E-state index is 0.130. The number of ether oxygens (including phenoxy) is 1. The normalized spacial score (nSPS) is 12.9. The molecule has 0 aliphatic heterocycles. The van der Waals surface area contributed by atoms with Crippen LogP contribution in [0.15, 0.2) is 12.5 Å². The molecular formula is C10H17N3O2. The number of nitrogens with zero attached hydrogens (tertiary/aromatic N) is 2. The summed E-state index contributed by atoms with van der Waals surface area (Å²) in [5.74, 6) is 0.819. The van der Waals surface area contributed by atoms with E-state index >= 15 is 0 Å². The number of aliphatic hydroxyl groups excluding tert-OH is 1. The summed E-state index contributed by atoms with van der Waals surface area (Å²) in [5, 5.41) is 9.59. The zero-order valence-corrected chi connectivity index (χ0v) is 9.05. The maximum absolute atomic E-state index is 9.59. The zero-order valence-electron chi connectivity index (χ0n) is 9.05. The molecule has 1 aromatic rings. The molecule has 0 radical (unpaired) electrons. The zero-order chi connectivity index (χ0) is 11.3. The van der Waals surface area contributed by atoms with E-state index < -0.39 is 6.10 Å². The van der Waals surface area contributed by atoms with Crippen molar-refractivity contribution in [2.75, 3.05) is 13.2 Å². The highest BCUT2D eigenvalue weighted by molar-refractivity contribution is 5.24. The lowest BCUT2D eigenvalue weighted by Crippen LogP contribution is -2.15. The fourth-order valence-electron chi connectivity index (χ4n) is 1.05. The molecule has 5 nitrogen and oxygen atoms in total. The Balaban J connectivity index is 2.77. The Bertz CT molecular complexity index is 304. The van der Waals surface area contributed by atoms with Gasteiger partial charge >= 0.3 is 0 Å². The molecule has 0 saturated heterocycles. The first-order valence-electron chi connectivity index (χ1n) is 4.96. The van der Waals surface area contributed by atoms with Gasteiger partial charge in [0.25, 0.3) is 0 Å². The van der Waals surface area contributed by atoms with E-state index in [-0.39, 0.29) is 6.54 Å². The summed E-state index contributed by atoms with van der Waals surface area (Å²) in [6, 6.07) is 0. The molecule has 1 rings (SSSR count). The van der Waals surface area contributed by atoms with Crippen molar-refractivity contribution in [1.29, 1.82) is 0 Å². The van der Waals surface area contributed by atoms with Crippen LogP contribution in [0, 0.1) is 5.92 Å². The maximum Gasteiger partial charge on any atom is 0.222 e. The van der Waals surface area contributed by atoms with Crippen molar-refractivity contribution in [3.8, 4) is 5.88 Å². The first-order chi connectivity index (χ1) is 7.15. The van der Waals surface area contributed by atoms with E-state index in [1.165, 1.54) is 12.5 Å². The third-order valence-electron chi connectivity index (χ3n) is 1.84. The molecule has 0 spiro atoms. The molecule has 0 saturated carbocycles. The number of hydrogen-bond donors (Lipinski definition) is 2. The highest BCUT2D eigenvalue weighted by atomic mass is 16.5. The van der Waals surface area contributed by atoms with Crippen molar-refractivity contribution in [1.82, 2.24) is 9.97 Å². The predicted molar refractivity (Wildman–Crippen MR) is 56.4 cm³/mol. The van der Waals surface area contributed by atoms with Gasteiger partial charge in [-0.1, -0.05) is 13.8 Å². The Morgan fingerprint density at radius 3 is 2.87 bits per heavy atom. The molecule has 1 aromatic heterocycles. The molecule has 3 N–H and O–H groups in total. The van der Waals surface area contributed by atoms with E-state index in [0.29, 0.717) is 24.0 Å². The molecule has 1 atom stereocenters. The Hall–Kier alpha value is -1.20. The molecule has 0 aromatic carbocycles. The number of aromatic nitrogens is 2. The van der Waals surface area contributed by atoms with Gasteiger partial charge in [0.05, 0.1) is 18.3 Å². The van der Waals surface area contributed by atoms with Crippen LogP contribution >= 0.6 is 0 Å². The van der Waals surface area contributed by atoms with E-state index in [1.54, 1.807) is 0 Å². The highest BCUT2D eigenvalue weighted by Gasteiger charge is 2.13. The van der Waals surface area contributed by atoms with Crippen molar-refractivity contribution in [3.05, 3.63) is 18.1 Å². The Labute approximate surface area is 89.3 Å². The van der Waals surface area contributed by atoms with Gasteiger partial charge in [-0.3, -0.25) is 0 Å². The van der Waals surface area contributed by atoms with Gasteiger partial charge in [0, 0.05) is 12.7 Å². The number of nitrogens with two attached hydrogens (primary N) is 1. The third-order valence-corrected chi connectivity index (χ3v) is 1.84. The van der Waals surface area contributed by atoms with Gasteiger partial charge in [0.15, 0.2) is 0 Å². The van der Waals surface area contributed by atoms with Crippen LogP contribution in [0.5, 0.6) is 5.88 Å². The van der Waals surface area contributed by atoms with Gasteiger partial charge in [-0.15, -0.1) is 0 Å². The highest BCUT2D eigenvalue weighted by Crippen LogP contribution is 2.20. The summed E-state index contributed by atoms with van der Waals surface area (Å²) in [6.45, 7) is 4.77. The van der Waals surface area contributed by atoms with E-state index in [9.17, 15) is 5.11 Å². The van der Waals surface area contributed by atoms with Crippen molar-refractivity contribution in [3.63, 3.8) is 0 Å². The van der Waals surface area contributed by atoms with Gasteiger partial charge < -0.3 is 15.6 Å². The van der Waals surface area contributed by atoms with Crippen molar-refractivity contribution in [2.24, 2.45) is 11.7 Å². The van der Waals surface area contributed by atoms with Crippen molar-refractivity contribution < 1.29 is 9.84 Å². The van der Waals surface area contributed by atoms with E-state index in [2.05, 4.69) is 9.97 Å². The molecule has 0 bridgehead atoms. The van der Waals surface area contributed by atoms with Crippen LogP contribution in [0.25, 0.3) is 0 Å². The van der Waals surface area contributed by atoms with Gasteiger partial charge in [-0.05, 0) is 5.92 Å². The van der Waals surface area contributed by atoms with Crippen molar-refractivity contribution >= 4 is 0 Å². The standard InChI is InChI=1S/C10H17N3O2/c1-7(2)5-15-10-8(9(14)3-11)4-12-6-13-10/h4,6-7,9,14H,3,5,11H2,1-2H3. The monoisotopic (exact) mass is 211 g/mol. The molecular weight excluding hydrogens is 194 g/mol. The lowest BCUT2D eigenvalue weighted by molar-refractivity contribution is 0.174. The lowest BCUT2D eigenvalue weighted by Gasteiger charge is -2.13. The Morgan fingerprint density at radius 1 is 1.53 bits per heavy atom. The first kappa shape index (κ1) is 11.9. The second-order valence-electron chi connectivity index (χ2n) is 3.74. The van der Waals surface area contributed by atoms with Gasteiger partial charge in [0.2, 0.25) is 5.88 Å². The molecule has 1 heterocycles. The Morgan fingerprint density at radius 2 is 2.27 bits per heavy atom. The second-order valence-corrected chi connectivity index (χ2v) is 3.74. The molecule has 0 aliphatic carbocycles. The van der Waals surface area contributed by atoms with Crippen LogP contribution in [0.4, 0.5) is 0 Å². The van der Waals surface area contributed by atoms with Gasteiger partial charge in [0.1, 0.15) is 6.33 Å². The number of rotatable bonds is 5. The summed E-state index contributed by atoms with van der Waals surface area (Å²) in [7, 11) is 0. The fraction of sp³-hybridized carbons (Fsp3) is 0.600. The van der Waals surface area contributed by atoms with Crippen LogP contribution in [0.3, 0.4) is 0 Å². The number of hydrogen-bond acceptors (Lipinski definition) is 5. The average molecular weight is 211 g/mol. The minimum Gasteiger partial charge on any atom is -0.477 e. The van der Waals surface area contributed by atoms with E-state index in [4.69, 9.17) is 10.5 Å². The summed E-state index contributed by atoms with van der Waals surface area (Å²) in [5.41, 5.74) is 5.91. The van der Waals surface area contributed by atoms with E-state index in [0.717, 1.165) is 0 Å². The molecule has 0 amide bonds. The smallest absolute Gasteiger partial charge is 0.222 e. The average Bonchev–Trinajstić information content (AvgIpc) is 2.25. The minimum atomic E-state index is -0.770. The second kappa shape index (κ2) is 5.63. The van der Waals surface area contributed by atoms with Gasteiger partial charge in [-0.25, -0.2) is 9.97 Å². The molecule has 1 unspecified atom stereocenters. The molecule has 0 aliphatic rings. The summed E-state index contributed by atoms with van der Waals surface area (Å²) in [4.78, 5) is 7.81. The predicted octanol–water partition coefficient (Wildman–Crippen LogP) is 0.504. The summed E-state index contributed by atoms with van der Waals surface area (Å²) < 4.78 is 5.45. The van der Waals surface area contributed by atoms with Crippen molar-refractivity contribution in [2.45, 2.75) is 20.0 Å². The van der Waals surface area contributed by atoms with Crippen LogP contribution in [-0.4, -0.2) is 28.2 Å². The largest absolute Gasteiger partial charge is 0.477 e. The Kier molecular flexibility index (Phi) is 4.45. The van der Waals surface area contributed by atoms with Gasteiger partial charge in [-0.2, -0.15) is 0 Å².